The van der Waals surface area contributed by atoms with E-state index in [0.717, 1.165) is 10.4 Å². The summed E-state index contributed by atoms with van der Waals surface area (Å²) in [5.74, 6) is 0. The number of rotatable bonds is 3. The van der Waals surface area contributed by atoms with Gasteiger partial charge < -0.3 is 5.32 Å². The Bertz CT molecular complexity index is 261. The molecule has 1 aromatic heterocycles. The monoisotopic (exact) mass is 228 g/mol. The topological polar surface area (TPSA) is 24.9 Å². The summed E-state index contributed by atoms with van der Waals surface area (Å²) in [6.45, 7) is 0. The fourth-order valence-corrected chi connectivity index (χ4v) is 3.39. The van der Waals surface area contributed by atoms with E-state index in [1.54, 1.807) is 11.3 Å². The molecule has 2 nitrogen and oxygen atoms in total. The zero-order chi connectivity index (χ0) is 9.80. The summed E-state index contributed by atoms with van der Waals surface area (Å²) in [5.41, 5.74) is 0. The highest BCUT2D eigenvalue weighted by molar-refractivity contribution is 7.99. The molecule has 0 radical (unpaired) electrons. The number of hydrogen-bond acceptors (Lipinski definition) is 4. The Labute approximate surface area is 93.5 Å². The average molecular weight is 228 g/mol. The number of thiazole rings is 1. The van der Waals surface area contributed by atoms with Crippen molar-refractivity contribution < 1.29 is 0 Å². The molecule has 1 N–H and O–H groups in total. The molecule has 2 atom stereocenters. The van der Waals surface area contributed by atoms with Crippen LogP contribution in [0.15, 0.2) is 11.6 Å². The van der Waals surface area contributed by atoms with Crippen LogP contribution in [0.1, 0.15) is 25.7 Å². The van der Waals surface area contributed by atoms with Gasteiger partial charge in [-0.05, 0) is 25.5 Å². The van der Waals surface area contributed by atoms with Gasteiger partial charge in [-0.1, -0.05) is 6.42 Å². The quantitative estimate of drug-likeness (QED) is 0.860. The minimum atomic E-state index is 0.646. The molecular formula is C10H16N2S2. The average Bonchev–Trinajstić information content (AvgIpc) is 2.71. The van der Waals surface area contributed by atoms with Crippen molar-refractivity contribution in [1.29, 1.82) is 0 Å². The lowest BCUT2D eigenvalue weighted by molar-refractivity contribution is 0.473. The summed E-state index contributed by atoms with van der Waals surface area (Å²) < 4.78 is 0. The predicted octanol–water partition coefficient (Wildman–Crippen LogP) is 3.23. The number of aromatic nitrogens is 1. The Hall–Kier alpha value is -0.220. The van der Waals surface area contributed by atoms with Crippen LogP contribution in [-0.4, -0.2) is 22.5 Å². The maximum atomic E-state index is 4.26. The Morgan fingerprint density at radius 3 is 3.21 bits per heavy atom. The highest BCUT2D eigenvalue weighted by atomic mass is 32.2. The maximum absolute atomic E-state index is 4.26. The minimum Gasteiger partial charge on any atom is -0.359 e. The molecule has 0 saturated heterocycles. The number of nitrogens with one attached hydrogen (secondary N) is 1. The molecule has 78 valence electrons. The lowest BCUT2D eigenvalue weighted by atomic mass is 9.95. The summed E-state index contributed by atoms with van der Waals surface area (Å²) in [4.78, 5) is 4.26. The van der Waals surface area contributed by atoms with Gasteiger partial charge in [0.1, 0.15) is 0 Å². The van der Waals surface area contributed by atoms with Crippen LogP contribution in [-0.2, 0) is 0 Å². The summed E-state index contributed by atoms with van der Waals surface area (Å²) in [7, 11) is 0. The van der Waals surface area contributed by atoms with Crippen LogP contribution in [0.25, 0.3) is 0 Å². The van der Waals surface area contributed by atoms with E-state index < -0.39 is 0 Å². The Balaban J connectivity index is 1.86. The van der Waals surface area contributed by atoms with Crippen molar-refractivity contribution in [3.63, 3.8) is 0 Å². The third-order valence-corrected chi connectivity index (χ3v) is 4.52. The van der Waals surface area contributed by atoms with E-state index >= 15 is 0 Å². The van der Waals surface area contributed by atoms with Crippen LogP contribution >= 0.6 is 23.1 Å². The van der Waals surface area contributed by atoms with E-state index in [0.29, 0.717) is 6.04 Å². The maximum Gasteiger partial charge on any atom is 0.182 e. The largest absolute Gasteiger partial charge is 0.359 e. The lowest BCUT2D eigenvalue weighted by Gasteiger charge is -2.28. The van der Waals surface area contributed by atoms with Gasteiger partial charge in [0, 0.05) is 22.9 Å². The standard InChI is InChI=1S/C10H16N2S2/c1-13-9-4-2-3-8(7-9)12-10-11-5-6-14-10/h5-6,8-9H,2-4,7H2,1H3,(H,11,12). The molecule has 1 aliphatic rings. The number of nitrogens with zero attached hydrogens (tertiary/aromatic N) is 1. The molecule has 1 heterocycles. The Kier molecular flexibility index (Phi) is 3.70. The van der Waals surface area contributed by atoms with Crippen LogP contribution in [0.2, 0.25) is 0 Å². The van der Waals surface area contributed by atoms with E-state index in [1.807, 2.05) is 23.3 Å². The second-order valence-electron chi connectivity index (χ2n) is 3.70. The lowest BCUT2D eigenvalue weighted by Crippen LogP contribution is -2.28. The van der Waals surface area contributed by atoms with Crippen molar-refractivity contribution in [2.75, 3.05) is 11.6 Å². The third-order valence-electron chi connectivity index (χ3n) is 2.72. The van der Waals surface area contributed by atoms with Gasteiger partial charge in [-0.25, -0.2) is 4.98 Å². The molecule has 0 amide bonds. The highest BCUT2D eigenvalue weighted by Gasteiger charge is 2.21. The van der Waals surface area contributed by atoms with E-state index in [1.165, 1.54) is 25.7 Å². The second-order valence-corrected chi connectivity index (χ2v) is 5.74. The van der Waals surface area contributed by atoms with Gasteiger partial charge in [0.25, 0.3) is 0 Å². The van der Waals surface area contributed by atoms with Crippen LogP contribution < -0.4 is 5.32 Å². The summed E-state index contributed by atoms with van der Waals surface area (Å²) >= 11 is 3.70. The van der Waals surface area contributed by atoms with Crippen molar-refractivity contribution in [1.82, 2.24) is 4.98 Å². The van der Waals surface area contributed by atoms with Crippen molar-refractivity contribution in [2.24, 2.45) is 0 Å². The third kappa shape index (κ3) is 2.64. The molecule has 2 unspecified atom stereocenters. The first-order chi connectivity index (χ1) is 6.88. The van der Waals surface area contributed by atoms with Gasteiger partial charge in [0.05, 0.1) is 0 Å². The number of anilines is 1. The summed E-state index contributed by atoms with van der Waals surface area (Å²) in [6, 6.07) is 0.646. The second kappa shape index (κ2) is 5.03. The molecule has 1 fully saturated rings. The van der Waals surface area contributed by atoms with Gasteiger partial charge in [-0.3, -0.25) is 0 Å². The molecule has 1 aliphatic carbocycles. The van der Waals surface area contributed by atoms with Crippen molar-refractivity contribution in [2.45, 2.75) is 37.0 Å². The molecule has 2 rings (SSSR count). The van der Waals surface area contributed by atoms with E-state index in [4.69, 9.17) is 0 Å². The van der Waals surface area contributed by atoms with Crippen LogP contribution in [0.4, 0.5) is 5.13 Å². The van der Waals surface area contributed by atoms with Crippen LogP contribution in [0, 0.1) is 0 Å². The first-order valence-electron chi connectivity index (χ1n) is 5.07. The van der Waals surface area contributed by atoms with Crippen molar-refractivity contribution in [3.8, 4) is 0 Å². The van der Waals surface area contributed by atoms with Crippen molar-refractivity contribution >= 4 is 28.2 Å². The van der Waals surface area contributed by atoms with E-state index in [2.05, 4.69) is 16.6 Å². The molecule has 4 heteroatoms. The number of hydrogen-bond donors (Lipinski definition) is 1. The molecule has 0 spiro atoms. The predicted molar refractivity (Wildman–Crippen MR) is 65.3 cm³/mol. The first-order valence-corrected chi connectivity index (χ1v) is 7.24. The van der Waals surface area contributed by atoms with Gasteiger partial charge in [0.2, 0.25) is 0 Å². The zero-order valence-electron chi connectivity index (χ0n) is 8.40. The summed E-state index contributed by atoms with van der Waals surface area (Å²) in [6.07, 6.45) is 9.42. The minimum absolute atomic E-state index is 0.646. The molecule has 14 heavy (non-hydrogen) atoms. The van der Waals surface area contributed by atoms with Crippen LogP contribution in [0.5, 0.6) is 0 Å². The number of thioether (sulfide) groups is 1. The normalized spacial score (nSPS) is 27.5. The molecular weight excluding hydrogens is 212 g/mol. The van der Waals surface area contributed by atoms with Gasteiger partial charge in [0.15, 0.2) is 5.13 Å². The van der Waals surface area contributed by atoms with Gasteiger partial charge in [-0.2, -0.15) is 11.8 Å². The van der Waals surface area contributed by atoms with E-state index in [-0.39, 0.29) is 0 Å². The van der Waals surface area contributed by atoms with Crippen LogP contribution in [0.3, 0.4) is 0 Å². The molecule has 1 aromatic rings. The Morgan fingerprint density at radius 2 is 2.50 bits per heavy atom. The van der Waals surface area contributed by atoms with Gasteiger partial charge in [-0.15, -0.1) is 11.3 Å². The fraction of sp³-hybridized carbons (Fsp3) is 0.700. The molecule has 0 aliphatic heterocycles. The first kappa shape index (κ1) is 10.3. The smallest absolute Gasteiger partial charge is 0.182 e. The Morgan fingerprint density at radius 1 is 1.57 bits per heavy atom. The highest BCUT2D eigenvalue weighted by Crippen LogP contribution is 2.29. The van der Waals surface area contributed by atoms with Crippen molar-refractivity contribution in [3.05, 3.63) is 11.6 Å². The van der Waals surface area contributed by atoms with E-state index in [9.17, 15) is 0 Å². The fourth-order valence-electron chi connectivity index (χ4n) is 1.96. The zero-order valence-corrected chi connectivity index (χ0v) is 10.0. The summed E-state index contributed by atoms with van der Waals surface area (Å²) in [5, 5.41) is 7.47. The van der Waals surface area contributed by atoms with Gasteiger partial charge >= 0.3 is 0 Å². The SMILES string of the molecule is CSC1CCCC(Nc2nccs2)C1. The molecule has 0 aromatic carbocycles. The molecule has 1 saturated carbocycles. The molecule has 0 bridgehead atoms.